The quantitative estimate of drug-likeness (QED) is 0.508. The van der Waals surface area contributed by atoms with E-state index in [9.17, 15) is 0 Å². The van der Waals surface area contributed by atoms with Crippen LogP contribution in [0.25, 0.3) is 16.7 Å². The maximum atomic E-state index is 5.76. The molecule has 9 heteroatoms. The van der Waals surface area contributed by atoms with E-state index in [2.05, 4.69) is 20.4 Å². The molecule has 0 bridgehead atoms. The summed E-state index contributed by atoms with van der Waals surface area (Å²) in [5.41, 5.74) is 9.26. The van der Waals surface area contributed by atoms with Crippen molar-refractivity contribution in [3.63, 3.8) is 0 Å². The Morgan fingerprint density at radius 1 is 1.12 bits per heavy atom. The minimum absolute atomic E-state index is 0.479. The number of ether oxygens (including phenoxy) is 1. The maximum Gasteiger partial charge on any atom is 0.203 e. The van der Waals surface area contributed by atoms with Gasteiger partial charge in [-0.15, -0.1) is 25.2 Å². The Labute approximate surface area is 158 Å². The summed E-state index contributed by atoms with van der Waals surface area (Å²) in [4.78, 5) is 1.63. The third kappa shape index (κ3) is 3.49. The summed E-state index contributed by atoms with van der Waals surface area (Å²) in [6, 6.07) is 13.8. The van der Waals surface area contributed by atoms with Crippen LogP contribution < -0.4 is 10.5 Å². The Morgan fingerprint density at radius 2 is 1.88 bits per heavy atom. The van der Waals surface area contributed by atoms with E-state index in [1.54, 1.807) is 16.6 Å². The van der Waals surface area contributed by atoms with Gasteiger partial charge in [-0.3, -0.25) is 0 Å². The van der Waals surface area contributed by atoms with Crippen molar-refractivity contribution >= 4 is 39.3 Å². The lowest BCUT2D eigenvalue weighted by atomic mass is 10.2. The molecule has 0 aliphatic heterocycles. The zero-order valence-corrected chi connectivity index (χ0v) is 15.6. The van der Waals surface area contributed by atoms with E-state index >= 15 is 0 Å². The van der Waals surface area contributed by atoms with Gasteiger partial charge in [-0.2, -0.15) is 0 Å². The molecule has 0 amide bonds. The van der Waals surface area contributed by atoms with E-state index < -0.39 is 0 Å². The fraction of sp³-hybridized carbons (Fsp3) is 0.176. The number of hydrogen-bond donors (Lipinski definition) is 1. The number of rotatable bonds is 6. The van der Waals surface area contributed by atoms with Crippen molar-refractivity contribution in [1.82, 2.24) is 25.2 Å². The fourth-order valence-electron chi connectivity index (χ4n) is 2.48. The van der Waals surface area contributed by atoms with Gasteiger partial charge in [0.15, 0.2) is 4.34 Å². The molecule has 4 rings (SSSR count). The second-order valence-electron chi connectivity index (χ2n) is 5.41. The van der Waals surface area contributed by atoms with Gasteiger partial charge in [-0.1, -0.05) is 41.3 Å². The normalized spacial score (nSPS) is 11.1. The van der Waals surface area contributed by atoms with Crippen LogP contribution in [-0.2, 0) is 5.75 Å². The first-order valence-electron chi connectivity index (χ1n) is 8.03. The summed E-state index contributed by atoms with van der Waals surface area (Å²) >= 11 is 2.98. The number of nitrogens with zero attached hydrogens (tertiary/aromatic N) is 5. The van der Waals surface area contributed by atoms with Crippen LogP contribution >= 0.6 is 23.1 Å². The van der Waals surface area contributed by atoms with Crippen molar-refractivity contribution < 1.29 is 4.74 Å². The Balaban J connectivity index is 1.66. The zero-order valence-electron chi connectivity index (χ0n) is 14.0. The highest BCUT2D eigenvalue weighted by molar-refractivity contribution is 8.00. The average molecular weight is 384 g/mol. The lowest BCUT2D eigenvalue weighted by Crippen LogP contribution is -2.04. The SMILES string of the molecule is CCOc1ccc(CSc2nnc(N)s2)cc1-n1nc2ccccc2n1. The lowest BCUT2D eigenvalue weighted by Gasteiger charge is -2.11. The topological polar surface area (TPSA) is 91.7 Å². The predicted octanol–water partition coefficient (Wildman–Crippen LogP) is 3.55. The van der Waals surface area contributed by atoms with Crippen molar-refractivity contribution in [2.45, 2.75) is 17.0 Å². The number of fused-ring (bicyclic) bond motifs is 1. The van der Waals surface area contributed by atoms with Crippen molar-refractivity contribution in [2.75, 3.05) is 12.3 Å². The molecule has 7 nitrogen and oxygen atoms in total. The fourth-order valence-corrected chi connectivity index (χ4v) is 4.06. The Bertz CT molecular complexity index is 1010. The monoisotopic (exact) mass is 384 g/mol. The van der Waals surface area contributed by atoms with Crippen LogP contribution in [0.1, 0.15) is 12.5 Å². The molecule has 132 valence electrons. The van der Waals surface area contributed by atoms with Gasteiger partial charge in [0, 0.05) is 5.75 Å². The summed E-state index contributed by atoms with van der Waals surface area (Å²) in [5, 5.41) is 17.5. The number of aromatic nitrogens is 5. The number of thioether (sulfide) groups is 1. The van der Waals surface area contributed by atoms with E-state index in [1.165, 1.54) is 11.3 Å². The summed E-state index contributed by atoms with van der Waals surface area (Å²) in [6.45, 7) is 2.53. The predicted molar refractivity (Wildman–Crippen MR) is 104 cm³/mol. The first kappa shape index (κ1) is 16.8. The lowest BCUT2D eigenvalue weighted by molar-refractivity contribution is 0.337. The molecular formula is C17H16N6OS2. The third-order valence-corrected chi connectivity index (χ3v) is 5.57. The van der Waals surface area contributed by atoms with Gasteiger partial charge in [-0.05, 0) is 36.8 Å². The molecule has 0 fully saturated rings. The minimum atomic E-state index is 0.479. The smallest absolute Gasteiger partial charge is 0.203 e. The van der Waals surface area contributed by atoms with E-state index in [0.717, 1.165) is 38.1 Å². The largest absolute Gasteiger partial charge is 0.492 e. The van der Waals surface area contributed by atoms with Crippen LogP contribution in [0.5, 0.6) is 5.75 Å². The molecule has 0 radical (unpaired) electrons. The third-order valence-electron chi connectivity index (χ3n) is 3.61. The van der Waals surface area contributed by atoms with Gasteiger partial charge in [-0.25, -0.2) is 0 Å². The van der Waals surface area contributed by atoms with Crippen LogP contribution in [0.15, 0.2) is 46.8 Å². The molecule has 0 aliphatic carbocycles. The van der Waals surface area contributed by atoms with Crippen LogP contribution in [-0.4, -0.2) is 31.8 Å². The molecule has 0 aliphatic rings. The number of hydrogen-bond acceptors (Lipinski definition) is 8. The van der Waals surface area contributed by atoms with Crippen molar-refractivity contribution in [3.8, 4) is 11.4 Å². The van der Waals surface area contributed by atoms with Crippen molar-refractivity contribution in [3.05, 3.63) is 48.0 Å². The molecule has 2 aromatic carbocycles. The Hall–Kier alpha value is -2.65. The number of anilines is 1. The molecule has 0 atom stereocenters. The average Bonchev–Trinajstić information content (AvgIpc) is 3.27. The molecule has 2 N–H and O–H groups in total. The van der Waals surface area contributed by atoms with E-state index in [1.807, 2.05) is 49.4 Å². The Kier molecular flexibility index (Phi) is 4.72. The number of nitrogen functional groups attached to an aromatic ring is 1. The molecule has 0 unspecified atom stereocenters. The second kappa shape index (κ2) is 7.30. The highest BCUT2D eigenvalue weighted by Crippen LogP contribution is 2.30. The zero-order chi connectivity index (χ0) is 17.9. The minimum Gasteiger partial charge on any atom is -0.492 e. The highest BCUT2D eigenvalue weighted by Gasteiger charge is 2.12. The number of nitrogens with two attached hydrogens (primary N) is 1. The molecule has 2 heterocycles. The highest BCUT2D eigenvalue weighted by atomic mass is 32.2. The standard InChI is InChI=1S/C17H16N6OS2/c1-2-24-15-8-7-11(10-25-17-20-19-16(18)26-17)9-14(15)23-21-12-5-3-4-6-13(12)22-23/h3-9H,2,10H2,1H3,(H2,18,19). The summed E-state index contributed by atoms with van der Waals surface area (Å²) in [7, 11) is 0. The van der Waals surface area contributed by atoms with Crippen LogP contribution in [0.2, 0.25) is 0 Å². The van der Waals surface area contributed by atoms with E-state index in [4.69, 9.17) is 10.5 Å². The second-order valence-corrected chi connectivity index (χ2v) is 7.64. The van der Waals surface area contributed by atoms with Crippen LogP contribution in [0.3, 0.4) is 0 Å². The molecular weight excluding hydrogens is 368 g/mol. The molecule has 2 aromatic heterocycles. The molecule has 0 spiro atoms. The van der Waals surface area contributed by atoms with Gasteiger partial charge < -0.3 is 10.5 Å². The summed E-state index contributed by atoms with van der Waals surface area (Å²) < 4.78 is 6.61. The van der Waals surface area contributed by atoms with E-state index in [-0.39, 0.29) is 0 Å². The summed E-state index contributed by atoms with van der Waals surface area (Å²) in [6.07, 6.45) is 0. The maximum absolute atomic E-state index is 5.76. The van der Waals surface area contributed by atoms with Crippen LogP contribution in [0, 0.1) is 0 Å². The first-order chi connectivity index (χ1) is 12.7. The van der Waals surface area contributed by atoms with Crippen molar-refractivity contribution in [2.24, 2.45) is 0 Å². The van der Waals surface area contributed by atoms with Gasteiger partial charge in [0.25, 0.3) is 0 Å². The molecule has 0 saturated heterocycles. The van der Waals surface area contributed by atoms with Gasteiger partial charge >= 0.3 is 0 Å². The van der Waals surface area contributed by atoms with Crippen molar-refractivity contribution in [1.29, 1.82) is 0 Å². The van der Waals surface area contributed by atoms with Gasteiger partial charge in [0.2, 0.25) is 5.13 Å². The van der Waals surface area contributed by atoms with Gasteiger partial charge in [0.1, 0.15) is 22.5 Å². The van der Waals surface area contributed by atoms with E-state index in [0.29, 0.717) is 11.7 Å². The van der Waals surface area contributed by atoms with Crippen LogP contribution in [0.4, 0.5) is 5.13 Å². The molecule has 0 saturated carbocycles. The molecule has 26 heavy (non-hydrogen) atoms. The number of benzene rings is 2. The molecule has 4 aromatic rings. The first-order valence-corrected chi connectivity index (χ1v) is 9.83. The van der Waals surface area contributed by atoms with Gasteiger partial charge in [0.05, 0.1) is 6.61 Å². The summed E-state index contributed by atoms with van der Waals surface area (Å²) in [5.74, 6) is 1.50. The Morgan fingerprint density at radius 3 is 2.54 bits per heavy atom.